The number of benzene rings is 1. The van der Waals surface area contributed by atoms with Crippen molar-refractivity contribution in [2.45, 2.75) is 79.5 Å². The molecular weight excluding hydrogens is 584 g/mol. The Morgan fingerprint density at radius 2 is 1.07 bits per heavy atom. The first-order valence-electron chi connectivity index (χ1n) is 9.91. The van der Waals surface area contributed by atoms with E-state index in [-0.39, 0.29) is 30.9 Å². The van der Waals surface area contributed by atoms with Gasteiger partial charge in [-0.05, 0) is 0 Å². The van der Waals surface area contributed by atoms with Gasteiger partial charge in [-0.2, -0.15) is 0 Å². The van der Waals surface area contributed by atoms with E-state index in [4.69, 9.17) is 58.0 Å². The van der Waals surface area contributed by atoms with Crippen molar-refractivity contribution in [3.8, 4) is 5.75 Å². The van der Waals surface area contributed by atoms with E-state index in [2.05, 4.69) is 30.5 Å². The zero-order valence-electron chi connectivity index (χ0n) is 17.5. The van der Waals surface area contributed by atoms with Crippen LogP contribution < -0.4 is 4.89 Å². The van der Waals surface area contributed by atoms with Crippen LogP contribution in [0.3, 0.4) is 0 Å². The molecule has 3 nitrogen and oxygen atoms in total. The summed E-state index contributed by atoms with van der Waals surface area (Å²) in [6.07, 6.45) is 8.85. The van der Waals surface area contributed by atoms with Crippen molar-refractivity contribution in [1.29, 1.82) is 0 Å². The predicted octanol–water partition coefficient (Wildman–Crippen LogP) is 9.69. The van der Waals surface area contributed by atoms with E-state index in [0.717, 1.165) is 6.92 Å². The molecule has 1 aromatic carbocycles. The fraction of sp³-hybridized carbons (Fsp3) is 0.650. The molecular formula is C20H30Cl5O3Sn+. The predicted molar refractivity (Wildman–Crippen MR) is 129 cm³/mol. The maximum absolute atomic E-state index is 10.6. The Kier molecular flexibility index (Phi) is 17.8. The third-order valence-corrected chi connectivity index (χ3v) is 15.4. The summed E-state index contributed by atoms with van der Waals surface area (Å²) in [5.41, 5.74) is 0. The van der Waals surface area contributed by atoms with Crippen molar-refractivity contribution in [3.05, 3.63) is 25.1 Å². The van der Waals surface area contributed by atoms with Gasteiger partial charge in [-0.3, -0.25) is 9.78 Å². The second-order valence-corrected chi connectivity index (χ2v) is 17.1. The van der Waals surface area contributed by atoms with E-state index in [1.54, 1.807) is 13.3 Å². The first-order valence-corrected chi connectivity index (χ1v) is 17.9. The third-order valence-electron chi connectivity index (χ3n) is 4.06. The number of hydrogen-bond donors (Lipinski definition) is 0. The van der Waals surface area contributed by atoms with Crippen LogP contribution in [0.15, 0.2) is 0 Å². The van der Waals surface area contributed by atoms with Crippen LogP contribution in [-0.2, 0) is 9.68 Å². The van der Waals surface area contributed by atoms with Crippen molar-refractivity contribution in [2.75, 3.05) is 0 Å². The van der Waals surface area contributed by atoms with Crippen molar-refractivity contribution < 1.29 is 14.6 Å². The number of carbonyl (C=O) groups is 1. The van der Waals surface area contributed by atoms with Gasteiger partial charge in [0.05, 0.1) is 15.1 Å². The minimum atomic E-state index is -0.839. The van der Waals surface area contributed by atoms with E-state index in [1.165, 1.54) is 38.5 Å². The Labute approximate surface area is 207 Å². The van der Waals surface area contributed by atoms with Gasteiger partial charge in [0.15, 0.2) is 0 Å². The molecule has 0 atom stereocenters. The summed E-state index contributed by atoms with van der Waals surface area (Å²) in [4.78, 5) is 19.4. The number of hydrogen-bond acceptors (Lipinski definition) is 3. The van der Waals surface area contributed by atoms with Crippen molar-refractivity contribution in [3.63, 3.8) is 0 Å². The van der Waals surface area contributed by atoms with Crippen LogP contribution >= 0.6 is 58.0 Å². The van der Waals surface area contributed by atoms with E-state index < -0.39 is 25.7 Å². The van der Waals surface area contributed by atoms with Gasteiger partial charge >= 0.3 is 98.3 Å². The van der Waals surface area contributed by atoms with E-state index >= 15 is 0 Å². The van der Waals surface area contributed by atoms with Crippen LogP contribution in [0.25, 0.3) is 0 Å². The van der Waals surface area contributed by atoms with Gasteiger partial charge < -0.3 is 0 Å². The molecule has 0 radical (unpaired) electrons. The Balaban J connectivity index is 0.000000555. The standard InChI is InChI=1S/C8H3Cl5O3.3C4H9.Sn/c1-2(14)15-16-8-6(12)4(10)3(9)5(11)7(8)13;3*1-3-4-2;/h1H3;3*1,3-4H2,2H3;/q;;;;+1. The molecule has 9 heteroatoms. The first kappa shape index (κ1) is 29.7. The summed E-state index contributed by atoms with van der Waals surface area (Å²) in [6.45, 7) is 8.14. The topological polar surface area (TPSA) is 35.5 Å². The Morgan fingerprint density at radius 1 is 0.724 bits per heavy atom. The Hall–Kier alpha value is 0.739. The molecule has 0 bridgehead atoms. The molecule has 29 heavy (non-hydrogen) atoms. The van der Waals surface area contributed by atoms with E-state index in [1.807, 2.05) is 0 Å². The molecule has 0 spiro atoms. The summed E-state index contributed by atoms with van der Waals surface area (Å²) < 4.78 is 5.04. The summed E-state index contributed by atoms with van der Waals surface area (Å²) >= 11 is 28.0. The van der Waals surface area contributed by atoms with Gasteiger partial charge in [-0.1, -0.05) is 58.0 Å². The average Bonchev–Trinajstić information content (AvgIpc) is 2.70. The number of rotatable bonds is 11. The molecule has 0 saturated heterocycles. The van der Waals surface area contributed by atoms with E-state index in [9.17, 15) is 4.79 Å². The van der Waals surface area contributed by atoms with Crippen molar-refractivity contribution in [1.82, 2.24) is 0 Å². The molecule has 1 aromatic rings. The van der Waals surface area contributed by atoms with E-state index in [0.29, 0.717) is 0 Å². The van der Waals surface area contributed by atoms with Gasteiger partial charge in [0.1, 0.15) is 10.0 Å². The first-order chi connectivity index (χ1) is 13.7. The zero-order valence-corrected chi connectivity index (χ0v) is 24.1. The molecule has 0 aromatic heterocycles. The van der Waals surface area contributed by atoms with Gasteiger partial charge in [0, 0.05) is 6.92 Å². The fourth-order valence-electron chi connectivity index (χ4n) is 2.41. The SMILES string of the molecule is CC(=O)OOc1c(Cl)c(Cl)c(Cl)c(Cl)c1Cl.CCC[CH2][Sn+]([CH2]CCC)[CH2]CCC. The van der Waals surface area contributed by atoms with Gasteiger partial charge in [-0.25, -0.2) is 4.79 Å². The molecule has 0 aliphatic rings. The van der Waals surface area contributed by atoms with Crippen molar-refractivity contribution in [2.24, 2.45) is 0 Å². The molecule has 0 saturated carbocycles. The molecule has 1 rings (SSSR count). The summed E-state index contributed by atoms with van der Waals surface area (Å²) in [6, 6.07) is 0. The van der Waals surface area contributed by atoms with Crippen LogP contribution in [-0.4, -0.2) is 25.7 Å². The Morgan fingerprint density at radius 3 is 1.38 bits per heavy atom. The average molecular weight is 614 g/mol. The second-order valence-electron chi connectivity index (χ2n) is 6.62. The molecule has 0 aliphatic heterocycles. The van der Waals surface area contributed by atoms with Crippen LogP contribution in [0.2, 0.25) is 38.4 Å². The molecule has 0 N–H and O–H groups in total. The van der Waals surface area contributed by atoms with Gasteiger partial charge in [-0.15, -0.1) is 0 Å². The minimum absolute atomic E-state index is 0.00601. The molecule has 0 heterocycles. The van der Waals surface area contributed by atoms with Crippen LogP contribution in [0.1, 0.15) is 66.2 Å². The van der Waals surface area contributed by atoms with Crippen LogP contribution in [0, 0.1) is 0 Å². The van der Waals surface area contributed by atoms with Gasteiger partial charge in [0.25, 0.3) is 0 Å². The summed E-state index contributed by atoms with van der Waals surface area (Å²) in [7, 11) is 0. The quantitative estimate of drug-likeness (QED) is 0.0819. The molecule has 0 fully saturated rings. The zero-order chi connectivity index (χ0) is 22.4. The van der Waals surface area contributed by atoms with Crippen LogP contribution in [0.5, 0.6) is 5.75 Å². The molecule has 0 amide bonds. The monoisotopic (exact) mass is 613 g/mol. The number of halogens is 5. The normalized spacial score (nSPS) is 10.2. The third kappa shape index (κ3) is 11.8. The van der Waals surface area contributed by atoms with Crippen molar-refractivity contribution >= 4 is 83.7 Å². The molecule has 0 aliphatic carbocycles. The van der Waals surface area contributed by atoms with Crippen LogP contribution in [0.4, 0.5) is 0 Å². The maximum atomic E-state index is 10.6. The number of carbonyl (C=O) groups excluding carboxylic acids is 1. The Bertz CT molecular complexity index is 581. The summed E-state index contributed by atoms with van der Waals surface area (Å²) in [5, 5.41) is -0.280. The molecule has 0 unspecified atom stereocenters. The summed E-state index contributed by atoms with van der Waals surface area (Å²) in [5.74, 6) is -0.854. The molecule has 166 valence electrons. The second kappa shape index (κ2) is 17.3. The number of unbranched alkanes of at least 4 members (excludes halogenated alkanes) is 3. The van der Waals surface area contributed by atoms with Gasteiger partial charge in [0.2, 0.25) is 5.75 Å². The fourth-order valence-corrected chi connectivity index (χ4v) is 13.0.